The number of amides is 1. The van der Waals surface area contributed by atoms with E-state index < -0.39 is 34.0 Å². The summed E-state index contributed by atoms with van der Waals surface area (Å²) in [4.78, 5) is 22.9. The maximum absolute atomic E-state index is 13.0. The fourth-order valence-electron chi connectivity index (χ4n) is 2.79. The molecule has 0 saturated carbocycles. The van der Waals surface area contributed by atoms with Gasteiger partial charge in [0.05, 0.1) is 10.5 Å². The average molecular weight is 532 g/mol. The minimum atomic E-state index is -4.78. The van der Waals surface area contributed by atoms with Crippen molar-refractivity contribution in [2.45, 2.75) is 6.18 Å². The number of carbonyl (C=O) groups is 1. The van der Waals surface area contributed by atoms with Gasteiger partial charge in [0, 0.05) is 21.8 Å². The number of benzene rings is 3. The molecule has 0 heterocycles. The quantitative estimate of drug-likeness (QED) is 0.164. The molecule has 0 spiro atoms. The Morgan fingerprint density at radius 2 is 1.76 bits per heavy atom. The number of hydrogen-bond acceptors (Lipinski definition) is 5. The number of nitrogens with one attached hydrogen (secondary N) is 1. The predicted octanol–water partition coefficient (Wildman–Crippen LogP) is 6.71. The lowest BCUT2D eigenvalue weighted by atomic mass is 10.1. The molecule has 7 nitrogen and oxygen atoms in total. The maximum Gasteiger partial charge on any atom is 0.416 e. The molecule has 1 N–H and O–H groups in total. The van der Waals surface area contributed by atoms with Gasteiger partial charge in [0.2, 0.25) is 5.75 Å². The van der Waals surface area contributed by atoms with Gasteiger partial charge >= 0.3 is 11.9 Å². The molecule has 0 aliphatic heterocycles. The van der Waals surface area contributed by atoms with Gasteiger partial charge in [-0.1, -0.05) is 34.1 Å². The number of carbonyl (C=O) groups excluding carboxylic acids is 1. The van der Waals surface area contributed by atoms with Crippen LogP contribution in [0.15, 0.2) is 76.8 Å². The minimum Gasteiger partial charge on any atom is -0.449 e. The van der Waals surface area contributed by atoms with Crippen molar-refractivity contribution in [2.75, 3.05) is 5.32 Å². The Morgan fingerprint density at radius 3 is 2.38 bits per heavy atom. The van der Waals surface area contributed by atoms with Crippen LogP contribution in [0.3, 0.4) is 0 Å². The van der Waals surface area contributed by atoms with E-state index in [4.69, 9.17) is 4.74 Å². The normalized spacial score (nSPS) is 11.4. The number of nitrogens with zero attached hydrogens (tertiary/aromatic N) is 2. The third-order valence-electron chi connectivity index (χ3n) is 4.37. The van der Waals surface area contributed by atoms with Crippen LogP contribution in [0, 0.1) is 21.4 Å². The molecule has 0 saturated heterocycles. The summed E-state index contributed by atoms with van der Waals surface area (Å²) in [6, 6.07) is 16.5. The van der Waals surface area contributed by atoms with Crippen molar-refractivity contribution in [3.8, 4) is 17.6 Å². The molecule has 0 aliphatic rings. The molecule has 0 aromatic heterocycles. The second-order valence-electron chi connectivity index (χ2n) is 6.71. The molecule has 172 valence electrons. The number of nitriles is 1. The largest absolute Gasteiger partial charge is 0.449 e. The molecule has 0 unspecified atom stereocenters. The van der Waals surface area contributed by atoms with Gasteiger partial charge in [-0.2, -0.15) is 18.4 Å². The summed E-state index contributed by atoms with van der Waals surface area (Å²) in [6.07, 6.45) is -3.57. The van der Waals surface area contributed by atoms with Crippen LogP contribution >= 0.6 is 15.9 Å². The summed E-state index contributed by atoms with van der Waals surface area (Å²) in [5, 5.41) is 23.4. The first-order chi connectivity index (χ1) is 16.1. The lowest BCUT2D eigenvalue weighted by Crippen LogP contribution is -2.13. The van der Waals surface area contributed by atoms with E-state index in [9.17, 15) is 33.3 Å². The van der Waals surface area contributed by atoms with Gasteiger partial charge in [-0.15, -0.1) is 0 Å². The van der Waals surface area contributed by atoms with Crippen molar-refractivity contribution in [3.63, 3.8) is 0 Å². The number of anilines is 1. The first-order valence-corrected chi connectivity index (χ1v) is 10.2. The molecule has 0 aliphatic carbocycles. The van der Waals surface area contributed by atoms with Crippen LogP contribution in [0.2, 0.25) is 0 Å². The average Bonchev–Trinajstić information content (AvgIpc) is 2.79. The summed E-state index contributed by atoms with van der Waals surface area (Å²) in [7, 11) is 0. The Balaban J connectivity index is 1.99. The Labute approximate surface area is 199 Å². The number of alkyl halides is 3. The van der Waals surface area contributed by atoms with Crippen molar-refractivity contribution in [1.29, 1.82) is 5.26 Å². The number of hydrogen-bond donors (Lipinski definition) is 1. The van der Waals surface area contributed by atoms with Crippen LogP contribution < -0.4 is 10.1 Å². The molecule has 34 heavy (non-hydrogen) atoms. The fourth-order valence-corrected chi connectivity index (χ4v) is 3.17. The topological polar surface area (TPSA) is 105 Å². The molecule has 3 rings (SSSR count). The second-order valence-corrected chi connectivity index (χ2v) is 7.63. The van der Waals surface area contributed by atoms with Gasteiger partial charge < -0.3 is 10.1 Å². The van der Waals surface area contributed by atoms with Gasteiger partial charge in [-0.25, -0.2) is 0 Å². The van der Waals surface area contributed by atoms with Crippen LogP contribution in [0.1, 0.15) is 11.1 Å². The Morgan fingerprint density at radius 1 is 1.09 bits per heavy atom. The van der Waals surface area contributed by atoms with E-state index in [2.05, 4.69) is 21.2 Å². The number of halogens is 4. The zero-order valence-corrected chi connectivity index (χ0v) is 18.6. The second kappa shape index (κ2) is 10.2. The van der Waals surface area contributed by atoms with Crippen molar-refractivity contribution >= 4 is 39.3 Å². The van der Waals surface area contributed by atoms with Crippen LogP contribution in [0.5, 0.6) is 11.5 Å². The van der Waals surface area contributed by atoms with Gasteiger partial charge in [0.1, 0.15) is 17.4 Å². The van der Waals surface area contributed by atoms with Crippen LogP contribution in [0.25, 0.3) is 6.08 Å². The summed E-state index contributed by atoms with van der Waals surface area (Å²) in [5.74, 6) is -1.17. The summed E-state index contributed by atoms with van der Waals surface area (Å²) in [5.41, 5.74) is -1.75. The fraction of sp³-hybridized carbons (Fsp3) is 0.0435. The SMILES string of the molecule is N#C/C(=C\c1cc(Br)ccc1Oc1ccc(C(F)(F)F)cc1[N+](=O)[O-])C(=O)Nc1ccccc1. The van der Waals surface area contributed by atoms with Crippen LogP contribution in [-0.4, -0.2) is 10.8 Å². The zero-order chi connectivity index (χ0) is 24.9. The van der Waals surface area contributed by atoms with Crippen molar-refractivity contribution in [3.05, 3.63) is 98.0 Å². The summed E-state index contributed by atoms with van der Waals surface area (Å²) < 4.78 is 45.0. The monoisotopic (exact) mass is 531 g/mol. The van der Waals surface area contributed by atoms with E-state index in [1.165, 1.54) is 24.3 Å². The van der Waals surface area contributed by atoms with E-state index in [1.54, 1.807) is 36.4 Å². The van der Waals surface area contributed by atoms with Crippen molar-refractivity contribution in [2.24, 2.45) is 0 Å². The third-order valence-corrected chi connectivity index (χ3v) is 4.86. The first kappa shape index (κ1) is 24.5. The number of para-hydroxylation sites is 1. The first-order valence-electron chi connectivity index (χ1n) is 9.39. The highest BCUT2D eigenvalue weighted by Gasteiger charge is 2.33. The van der Waals surface area contributed by atoms with Gasteiger partial charge in [0.25, 0.3) is 5.91 Å². The Kier molecular flexibility index (Phi) is 7.33. The number of nitro groups is 1. The molecular weight excluding hydrogens is 519 g/mol. The lowest BCUT2D eigenvalue weighted by molar-refractivity contribution is -0.385. The van der Waals surface area contributed by atoms with Gasteiger partial charge in [0.15, 0.2) is 0 Å². The Hall–Kier alpha value is -4.17. The Bertz CT molecular complexity index is 1320. The van der Waals surface area contributed by atoms with Crippen LogP contribution in [-0.2, 0) is 11.0 Å². The molecule has 0 atom stereocenters. The minimum absolute atomic E-state index is 0.0219. The maximum atomic E-state index is 13.0. The number of ether oxygens (including phenoxy) is 1. The molecule has 3 aromatic rings. The molecule has 3 aromatic carbocycles. The van der Waals surface area contributed by atoms with E-state index in [0.29, 0.717) is 22.3 Å². The highest BCUT2D eigenvalue weighted by atomic mass is 79.9. The summed E-state index contributed by atoms with van der Waals surface area (Å²) in [6.45, 7) is 0. The highest BCUT2D eigenvalue weighted by Crippen LogP contribution is 2.39. The standard InChI is InChI=1S/C23H13BrF3N3O4/c24-17-7-9-20(34-21-8-6-16(23(25,26)27)12-19(21)30(32)33)14(11-17)10-15(13-28)22(31)29-18-4-2-1-3-5-18/h1-12H,(H,29,31)/b15-10+. The van der Waals surface area contributed by atoms with E-state index in [1.807, 2.05) is 0 Å². The van der Waals surface area contributed by atoms with E-state index in [0.717, 1.165) is 6.07 Å². The molecular formula is C23H13BrF3N3O4. The van der Waals surface area contributed by atoms with E-state index in [-0.39, 0.29) is 16.9 Å². The predicted molar refractivity (Wildman–Crippen MR) is 121 cm³/mol. The zero-order valence-electron chi connectivity index (χ0n) is 17.0. The number of nitro benzene ring substituents is 1. The van der Waals surface area contributed by atoms with Gasteiger partial charge in [-0.3, -0.25) is 14.9 Å². The summed E-state index contributed by atoms with van der Waals surface area (Å²) >= 11 is 3.25. The van der Waals surface area contributed by atoms with E-state index >= 15 is 0 Å². The molecule has 0 radical (unpaired) electrons. The molecule has 0 bridgehead atoms. The van der Waals surface area contributed by atoms with Crippen molar-refractivity contribution < 1.29 is 27.6 Å². The molecule has 1 amide bonds. The van der Waals surface area contributed by atoms with Gasteiger partial charge in [-0.05, 0) is 48.5 Å². The third kappa shape index (κ3) is 5.99. The smallest absolute Gasteiger partial charge is 0.416 e. The molecule has 0 fully saturated rings. The highest BCUT2D eigenvalue weighted by molar-refractivity contribution is 9.10. The molecule has 11 heteroatoms. The lowest BCUT2D eigenvalue weighted by Gasteiger charge is -2.12. The number of rotatable bonds is 6. The van der Waals surface area contributed by atoms with Crippen LogP contribution in [0.4, 0.5) is 24.5 Å². The van der Waals surface area contributed by atoms with Crippen molar-refractivity contribution in [1.82, 2.24) is 0 Å².